The van der Waals surface area contributed by atoms with E-state index in [2.05, 4.69) is 15.5 Å². The average Bonchev–Trinajstić information content (AvgIpc) is 2.84. The summed E-state index contributed by atoms with van der Waals surface area (Å²) in [5.74, 6) is 0.768. The lowest BCUT2D eigenvalue weighted by Gasteiger charge is -2.13. The Balaban J connectivity index is 1.88. The van der Waals surface area contributed by atoms with Crippen LogP contribution in [0.15, 0.2) is 18.2 Å². The molecule has 3 rings (SSSR count). The quantitative estimate of drug-likeness (QED) is 0.872. The summed E-state index contributed by atoms with van der Waals surface area (Å²) in [6.07, 6.45) is 5.54. The van der Waals surface area contributed by atoms with Gasteiger partial charge in [0.1, 0.15) is 11.6 Å². The predicted molar refractivity (Wildman–Crippen MR) is 94.5 cm³/mol. The van der Waals surface area contributed by atoms with Crippen LogP contribution in [0.1, 0.15) is 44.9 Å². The second-order valence-corrected chi connectivity index (χ2v) is 6.48. The maximum Gasteiger partial charge on any atom is 0.241 e. The molecule has 0 bridgehead atoms. The molecular weight excluding hydrogens is 321 g/mol. The fourth-order valence-corrected chi connectivity index (χ4v) is 3.14. The Hall–Kier alpha value is -2.28. The first kappa shape index (κ1) is 17.5. The fraction of sp³-hybridized carbons (Fsp3) is 0.500. The maximum atomic E-state index is 14.4. The van der Waals surface area contributed by atoms with Crippen LogP contribution in [0, 0.1) is 5.82 Å². The lowest BCUT2D eigenvalue weighted by molar-refractivity contribution is -0.117. The predicted octanol–water partition coefficient (Wildman–Crippen LogP) is 2.88. The van der Waals surface area contributed by atoms with E-state index in [1.165, 1.54) is 12.1 Å². The van der Waals surface area contributed by atoms with Gasteiger partial charge in [-0.3, -0.25) is 4.79 Å². The number of rotatable bonds is 5. The van der Waals surface area contributed by atoms with Gasteiger partial charge in [-0.1, -0.05) is 19.8 Å². The molecule has 0 saturated carbocycles. The normalized spacial score (nSPS) is 15.3. The zero-order valence-electron chi connectivity index (χ0n) is 14.5. The fourth-order valence-electron chi connectivity index (χ4n) is 3.14. The summed E-state index contributed by atoms with van der Waals surface area (Å²) in [4.78, 5) is 12.1. The van der Waals surface area contributed by atoms with E-state index in [0.717, 1.165) is 44.5 Å². The SMILES string of the molecule is CCCC(N)C(=O)Nc1ccc(F)c(-c2nnc3n2CCCCC3)c1. The number of aromatic nitrogens is 3. The standard InChI is InChI=1S/C18H24FN5O/c1-2-6-15(20)18(25)21-12-8-9-14(19)13(11-12)17-23-22-16-7-4-3-5-10-24(16)17/h8-9,11,15H,2-7,10,20H2,1H3,(H,21,25). The molecule has 2 aromatic rings. The number of benzene rings is 1. The minimum absolute atomic E-state index is 0.264. The van der Waals surface area contributed by atoms with Crippen molar-refractivity contribution in [2.45, 2.75) is 58.0 Å². The van der Waals surface area contributed by atoms with Crippen molar-refractivity contribution in [3.63, 3.8) is 0 Å². The molecule has 0 aliphatic carbocycles. The van der Waals surface area contributed by atoms with Gasteiger partial charge in [0.25, 0.3) is 0 Å². The first-order valence-corrected chi connectivity index (χ1v) is 8.88. The van der Waals surface area contributed by atoms with Crippen LogP contribution >= 0.6 is 0 Å². The van der Waals surface area contributed by atoms with Gasteiger partial charge >= 0.3 is 0 Å². The summed E-state index contributed by atoms with van der Waals surface area (Å²) in [6, 6.07) is 3.92. The van der Waals surface area contributed by atoms with Gasteiger partial charge in [-0.2, -0.15) is 0 Å². The second kappa shape index (κ2) is 7.74. The van der Waals surface area contributed by atoms with Crippen molar-refractivity contribution in [1.82, 2.24) is 14.8 Å². The number of hydrogen-bond acceptors (Lipinski definition) is 4. The molecule has 0 spiro atoms. The van der Waals surface area contributed by atoms with Crippen LogP contribution in [0.5, 0.6) is 0 Å². The molecule has 134 valence electrons. The minimum atomic E-state index is -0.567. The Morgan fingerprint density at radius 1 is 1.36 bits per heavy atom. The molecule has 7 heteroatoms. The second-order valence-electron chi connectivity index (χ2n) is 6.48. The van der Waals surface area contributed by atoms with E-state index in [1.807, 2.05) is 11.5 Å². The maximum absolute atomic E-state index is 14.4. The van der Waals surface area contributed by atoms with Crippen LogP contribution in [0.3, 0.4) is 0 Å². The highest BCUT2D eigenvalue weighted by atomic mass is 19.1. The van der Waals surface area contributed by atoms with Crippen LogP contribution in [0.25, 0.3) is 11.4 Å². The van der Waals surface area contributed by atoms with Gasteiger partial charge in [0.15, 0.2) is 5.82 Å². The Labute approximate surface area is 146 Å². The van der Waals surface area contributed by atoms with E-state index in [-0.39, 0.29) is 11.7 Å². The van der Waals surface area contributed by atoms with Gasteiger partial charge in [0, 0.05) is 18.7 Å². The molecule has 0 fully saturated rings. The molecule has 1 aliphatic rings. The topological polar surface area (TPSA) is 85.8 Å². The number of hydrogen-bond donors (Lipinski definition) is 2. The molecule has 1 unspecified atom stereocenters. The van der Waals surface area contributed by atoms with E-state index >= 15 is 0 Å². The van der Waals surface area contributed by atoms with Crippen molar-refractivity contribution in [3.8, 4) is 11.4 Å². The summed E-state index contributed by atoms with van der Waals surface area (Å²) in [5, 5.41) is 11.2. The number of nitrogens with zero attached hydrogens (tertiary/aromatic N) is 3. The number of carbonyl (C=O) groups is 1. The molecule has 1 atom stereocenters. The molecule has 1 amide bonds. The molecule has 1 aromatic heterocycles. The summed E-state index contributed by atoms with van der Waals surface area (Å²) < 4.78 is 16.4. The van der Waals surface area contributed by atoms with E-state index in [9.17, 15) is 9.18 Å². The monoisotopic (exact) mass is 345 g/mol. The first-order chi connectivity index (χ1) is 12.1. The first-order valence-electron chi connectivity index (χ1n) is 8.88. The van der Waals surface area contributed by atoms with Crippen molar-refractivity contribution >= 4 is 11.6 Å². The van der Waals surface area contributed by atoms with E-state index in [0.29, 0.717) is 23.5 Å². The third-order valence-corrected chi connectivity index (χ3v) is 4.52. The van der Waals surface area contributed by atoms with Crippen molar-refractivity contribution in [3.05, 3.63) is 29.8 Å². The highest BCUT2D eigenvalue weighted by Crippen LogP contribution is 2.27. The Bertz CT molecular complexity index is 758. The smallest absolute Gasteiger partial charge is 0.241 e. The third kappa shape index (κ3) is 3.87. The average molecular weight is 345 g/mol. The molecule has 1 aliphatic heterocycles. The highest BCUT2D eigenvalue weighted by molar-refractivity contribution is 5.95. The zero-order valence-corrected chi connectivity index (χ0v) is 14.5. The van der Waals surface area contributed by atoms with Crippen molar-refractivity contribution in [1.29, 1.82) is 0 Å². The van der Waals surface area contributed by atoms with Gasteiger partial charge in [-0.25, -0.2) is 4.39 Å². The van der Waals surface area contributed by atoms with Crippen molar-refractivity contribution < 1.29 is 9.18 Å². The Morgan fingerprint density at radius 3 is 3.00 bits per heavy atom. The summed E-state index contributed by atoms with van der Waals surface area (Å²) in [7, 11) is 0. The highest BCUT2D eigenvalue weighted by Gasteiger charge is 2.20. The number of carbonyl (C=O) groups excluding carboxylic acids is 1. The van der Waals surface area contributed by atoms with Crippen molar-refractivity contribution in [2.75, 3.05) is 5.32 Å². The van der Waals surface area contributed by atoms with Crippen LogP contribution in [0.4, 0.5) is 10.1 Å². The van der Waals surface area contributed by atoms with Gasteiger partial charge < -0.3 is 15.6 Å². The zero-order chi connectivity index (χ0) is 17.8. The number of aryl methyl sites for hydroxylation is 1. The molecule has 6 nitrogen and oxygen atoms in total. The van der Waals surface area contributed by atoms with Crippen LogP contribution in [0.2, 0.25) is 0 Å². The van der Waals surface area contributed by atoms with E-state index < -0.39 is 6.04 Å². The number of nitrogens with one attached hydrogen (secondary N) is 1. The number of anilines is 1. The van der Waals surface area contributed by atoms with Crippen LogP contribution in [-0.2, 0) is 17.8 Å². The molecule has 3 N–H and O–H groups in total. The van der Waals surface area contributed by atoms with Gasteiger partial charge in [-0.15, -0.1) is 10.2 Å². The molecular formula is C18H24FN5O. The number of fused-ring (bicyclic) bond motifs is 1. The minimum Gasteiger partial charge on any atom is -0.325 e. The van der Waals surface area contributed by atoms with Gasteiger partial charge in [0.05, 0.1) is 11.6 Å². The van der Waals surface area contributed by atoms with Crippen LogP contribution < -0.4 is 11.1 Å². The van der Waals surface area contributed by atoms with Crippen molar-refractivity contribution in [2.24, 2.45) is 5.73 Å². The Morgan fingerprint density at radius 2 is 2.20 bits per heavy atom. The number of amides is 1. The van der Waals surface area contributed by atoms with E-state index in [4.69, 9.17) is 5.73 Å². The summed E-state index contributed by atoms with van der Waals surface area (Å²) >= 11 is 0. The largest absolute Gasteiger partial charge is 0.325 e. The molecule has 0 saturated heterocycles. The van der Waals surface area contributed by atoms with E-state index in [1.54, 1.807) is 6.07 Å². The molecule has 0 radical (unpaired) electrons. The number of halogens is 1. The third-order valence-electron chi connectivity index (χ3n) is 4.52. The molecule has 1 aromatic carbocycles. The van der Waals surface area contributed by atoms with Crippen LogP contribution in [-0.4, -0.2) is 26.7 Å². The van der Waals surface area contributed by atoms with Gasteiger partial charge in [0.2, 0.25) is 5.91 Å². The number of nitrogens with two attached hydrogens (primary N) is 1. The molecule has 25 heavy (non-hydrogen) atoms. The van der Waals surface area contributed by atoms with Gasteiger partial charge in [-0.05, 0) is 37.5 Å². The lowest BCUT2D eigenvalue weighted by Crippen LogP contribution is -2.35. The molecule has 2 heterocycles. The Kier molecular flexibility index (Phi) is 5.43. The lowest BCUT2D eigenvalue weighted by atomic mass is 10.1. The summed E-state index contributed by atoms with van der Waals surface area (Å²) in [6.45, 7) is 2.76. The summed E-state index contributed by atoms with van der Waals surface area (Å²) in [5.41, 5.74) is 6.70.